The van der Waals surface area contributed by atoms with Crippen molar-refractivity contribution in [2.75, 3.05) is 5.32 Å². The van der Waals surface area contributed by atoms with Crippen LogP contribution in [0.4, 0.5) is 5.82 Å². The highest BCUT2D eigenvalue weighted by molar-refractivity contribution is 6.28. The highest BCUT2D eigenvalue weighted by atomic mass is 35.5. The third-order valence-electron chi connectivity index (χ3n) is 2.98. The van der Waals surface area contributed by atoms with E-state index in [1.54, 1.807) is 6.20 Å². The van der Waals surface area contributed by atoms with Crippen LogP contribution < -0.4 is 5.32 Å². The number of nitrogens with zero attached hydrogens (tertiary/aromatic N) is 2. The van der Waals surface area contributed by atoms with Crippen LogP contribution in [0.2, 0.25) is 5.28 Å². The van der Waals surface area contributed by atoms with E-state index in [1.807, 2.05) is 6.92 Å². The topological polar surface area (TPSA) is 58.0 Å². The third-order valence-corrected chi connectivity index (χ3v) is 3.16. The summed E-state index contributed by atoms with van der Waals surface area (Å²) in [5, 5.41) is 13.0. The van der Waals surface area contributed by atoms with E-state index in [1.165, 1.54) is 0 Å². The molecule has 0 spiro atoms. The van der Waals surface area contributed by atoms with Crippen molar-refractivity contribution in [3.8, 4) is 0 Å². The molecule has 1 heterocycles. The normalized spacial score (nSPS) is 25.4. The van der Waals surface area contributed by atoms with E-state index in [-0.39, 0.29) is 11.4 Å². The molecule has 16 heavy (non-hydrogen) atoms. The van der Waals surface area contributed by atoms with E-state index >= 15 is 0 Å². The van der Waals surface area contributed by atoms with E-state index in [0.717, 1.165) is 37.1 Å². The van der Waals surface area contributed by atoms with Crippen LogP contribution in [0, 0.1) is 6.92 Å². The number of anilines is 1. The van der Waals surface area contributed by atoms with Gasteiger partial charge in [-0.1, -0.05) is 0 Å². The minimum absolute atomic E-state index is 0.131. The molecule has 2 N–H and O–H groups in total. The number of rotatable bonds is 2. The van der Waals surface area contributed by atoms with Crippen LogP contribution in [0.1, 0.15) is 31.2 Å². The molecule has 1 aliphatic carbocycles. The molecule has 0 atom stereocenters. The first kappa shape index (κ1) is 11.6. The highest BCUT2D eigenvalue weighted by Crippen LogP contribution is 2.23. The Bertz CT molecular complexity index is 364. The molecule has 88 valence electrons. The van der Waals surface area contributed by atoms with Crippen molar-refractivity contribution in [1.82, 2.24) is 9.97 Å². The first-order chi connectivity index (χ1) is 7.65. The average Bonchev–Trinajstić information content (AvgIpc) is 2.27. The van der Waals surface area contributed by atoms with E-state index in [0.29, 0.717) is 6.04 Å². The fourth-order valence-corrected chi connectivity index (χ4v) is 2.11. The summed E-state index contributed by atoms with van der Waals surface area (Å²) >= 11 is 5.76. The van der Waals surface area contributed by atoms with Gasteiger partial charge in [0.05, 0.1) is 6.10 Å². The van der Waals surface area contributed by atoms with Crippen LogP contribution >= 0.6 is 11.6 Å². The highest BCUT2D eigenvalue weighted by Gasteiger charge is 2.19. The number of aromatic nitrogens is 2. The van der Waals surface area contributed by atoms with Crippen LogP contribution in [0.5, 0.6) is 0 Å². The summed E-state index contributed by atoms with van der Waals surface area (Å²) < 4.78 is 0. The van der Waals surface area contributed by atoms with Gasteiger partial charge in [-0.3, -0.25) is 0 Å². The van der Waals surface area contributed by atoms with Crippen LogP contribution in [-0.2, 0) is 0 Å². The van der Waals surface area contributed by atoms with Crippen LogP contribution in [0.15, 0.2) is 6.20 Å². The zero-order chi connectivity index (χ0) is 11.5. The Morgan fingerprint density at radius 3 is 2.75 bits per heavy atom. The Morgan fingerprint density at radius 2 is 2.06 bits per heavy atom. The summed E-state index contributed by atoms with van der Waals surface area (Å²) in [4.78, 5) is 8.09. The number of aryl methyl sites for hydroxylation is 1. The number of hydrogen-bond acceptors (Lipinski definition) is 4. The average molecular weight is 242 g/mol. The number of nitrogens with one attached hydrogen (secondary N) is 1. The maximum Gasteiger partial charge on any atom is 0.224 e. The molecule has 4 nitrogen and oxygen atoms in total. The first-order valence-electron chi connectivity index (χ1n) is 5.59. The smallest absolute Gasteiger partial charge is 0.224 e. The van der Waals surface area contributed by atoms with Gasteiger partial charge in [0.25, 0.3) is 0 Å². The van der Waals surface area contributed by atoms with Crippen molar-refractivity contribution in [2.24, 2.45) is 0 Å². The van der Waals surface area contributed by atoms with Crippen LogP contribution in [-0.4, -0.2) is 27.2 Å². The van der Waals surface area contributed by atoms with Crippen LogP contribution in [0.25, 0.3) is 0 Å². The molecule has 1 saturated carbocycles. The lowest BCUT2D eigenvalue weighted by Gasteiger charge is -2.27. The quantitative estimate of drug-likeness (QED) is 0.779. The van der Waals surface area contributed by atoms with Gasteiger partial charge < -0.3 is 10.4 Å². The predicted molar refractivity (Wildman–Crippen MR) is 63.7 cm³/mol. The summed E-state index contributed by atoms with van der Waals surface area (Å²) in [6, 6.07) is 0.382. The Kier molecular flexibility index (Phi) is 3.61. The van der Waals surface area contributed by atoms with Crippen LogP contribution in [0.3, 0.4) is 0 Å². The number of halogens is 1. The van der Waals surface area contributed by atoms with Crippen molar-refractivity contribution in [3.05, 3.63) is 17.0 Å². The monoisotopic (exact) mass is 241 g/mol. The summed E-state index contributed by atoms with van der Waals surface area (Å²) in [6.07, 6.45) is 5.25. The second kappa shape index (κ2) is 4.97. The van der Waals surface area contributed by atoms with Crippen molar-refractivity contribution in [3.63, 3.8) is 0 Å². The van der Waals surface area contributed by atoms with Gasteiger partial charge in [0.1, 0.15) is 5.82 Å². The summed E-state index contributed by atoms with van der Waals surface area (Å²) in [5.74, 6) is 0.807. The maximum absolute atomic E-state index is 9.42. The lowest BCUT2D eigenvalue weighted by molar-refractivity contribution is 0.126. The molecule has 1 aliphatic rings. The molecule has 1 aromatic heterocycles. The van der Waals surface area contributed by atoms with Crippen molar-refractivity contribution >= 4 is 17.4 Å². The van der Waals surface area contributed by atoms with Gasteiger partial charge in [-0.05, 0) is 44.2 Å². The molecule has 0 amide bonds. The Balaban J connectivity index is 2.00. The fourth-order valence-electron chi connectivity index (χ4n) is 1.98. The second-order valence-electron chi connectivity index (χ2n) is 4.32. The molecule has 1 fully saturated rings. The molecule has 2 rings (SSSR count). The van der Waals surface area contributed by atoms with Gasteiger partial charge in [0, 0.05) is 17.8 Å². The van der Waals surface area contributed by atoms with Crippen molar-refractivity contribution in [2.45, 2.75) is 44.8 Å². The third kappa shape index (κ3) is 2.83. The summed E-state index contributed by atoms with van der Waals surface area (Å²) in [7, 11) is 0. The molecule has 0 bridgehead atoms. The maximum atomic E-state index is 9.42. The molecule has 0 aliphatic heterocycles. The van der Waals surface area contributed by atoms with Gasteiger partial charge >= 0.3 is 0 Å². The van der Waals surface area contributed by atoms with Gasteiger partial charge in [-0.25, -0.2) is 9.97 Å². The van der Waals surface area contributed by atoms with Gasteiger partial charge in [-0.2, -0.15) is 0 Å². The van der Waals surface area contributed by atoms with Gasteiger partial charge in [0.2, 0.25) is 5.28 Å². The molecule has 0 saturated heterocycles. The van der Waals surface area contributed by atoms with Crippen molar-refractivity contribution < 1.29 is 5.11 Å². The van der Waals surface area contributed by atoms with Crippen molar-refractivity contribution in [1.29, 1.82) is 0 Å². The minimum Gasteiger partial charge on any atom is -0.393 e. The van der Waals surface area contributed by atoms with E-state index in [4.69, 9.17) is 11.6 Å². The summed E-state index contributed by atoms with van der Waals surface area (Å²) in [5.41, 5.74) is 0.996. The molecule has 0 aromatic carbocycles. The fraction of sp³-hybridized carbons (Fsp3) is 0.636. The van der Waals surface area contributed by atoms with E-state index in [2.05, 4.69) is 15.3 Å². The number of aliphatic hydroxyl groups excluding tert-OH is 1. The Hall–Kier alpha value is -0.870. The molecule has 0 unspecified atom stereocenters. The zero-order valence-corrected chi connectivity index (χ0v) is 10.0. The van der Waals surface area contributed by atoms with Gasteiger partial charge in [-0.15, -0.1) is 0 Å². The molecular formula is C11H16ClN3O. The molecule has 0 radical (unpaired) electrons. The molecule has 5 heteroatoms. The summed E-state index contributed by atoms with van der Waals surface area (Å²) in [6.45, 7) is 1.95. The molecular weight excluding hydrogens is 226 g/mol. The van der Waals surface area contributed by atoms with E-state index in [9.17, 15) is 5.11 Å². The first-order valence-corrected chi connectivity index (χ1v) is 5.96. The lowest BCUT2D eigenvalue weighted by Crippen LogP contribution is -2.28. The number of aliphatic hydroxyl groups is 1. The molecule has 1 aromatic rings. The Morgan fingerprint density at radius 1 is 1.38 bits per heavy atom. The second-order valence-corrected chi connectivity index (χ2v) is 4.66. The largest absolute Gasteiger partial charge is 0.393 e. The Labute approximate surface area is 100 Å². The predicted octanol–water partition coefficient (Wildman–Crippen LogP) is 2.15. The lowest BCUT2D eigenvalue weighted by atomic mass is 9.93. The SMILES string of the molecule is Cc1cnc(Cl)nc1NC1CCC(O)CC1. The standard InChI is InChI=1S/C11H16ClN3O/c1-7-6-13-11(12)15-10(7)14-8-2-4-9(16)5-3-8/h6,8-9,16H,2-5H2,1H3,(H,13,14,15). The number of hydrogen-bond donors (Lipinski definition) is 2. The zero-order valence-electron chi connectivity index (χ0n) is 9.28. The van der Waals surface area contributed by atoms with E-state index < -0.39 is 0 Å². The minimum atomic E-state index is -0.131. The van der Waals surface area contributed by atoms with Gasteiger partial charge in [0.15, 0.2) is 0 Å².